The van der Waals surface area contributed by atoms with E-state index in [2.05, 4.69) is 17.1 Å². The number of hydrogen-bond donors (Lipinski definition) is 1. The maximum absolute atomic E-state index is 13.0. The van der Waals surface area contributed by atoms with E-state index in [9.17, 15) is 4.79 Å². The summed E-state index contributed by atoms with van der Waals surface area (Å²) in [6, 6.07) is 24.9. The molecule has 1 amide bonds. The van der Waals surface area contributed by atoms with E-state index in [1.165, 1.54) is 0 Å². The number of hydrazone groups is 1. The number of aromatic nitrogens is 1. The summed E-state index contributed by atoms with van der Waals surface area (Å²) in [5, 5.41) is 4.95. The maximum atomic E-state index is 13.0. The first-order chi connectivity index (χ1) is 15.7. The lowest BCUT2D eigenvalue weighted by atomic mass is 10.0. The van der Waals surface area contributed by atoms with Gasteiger partial charge in [0.1, 0.15) is 5.75 Å². The molecule has 0 atom stereocenters. The van der Waals surface area contributed by atoms with Gasteiger partial charge >= 0.3 is 0 Å². The van der Waals surface area contributed by atoms with E-state index < -0.39 is 0 Å². The van der Waals surface area contributed by atoms with Crippen LogP contribution in [0.15, 0.2) is 96.6 Å². The van der Waals surface area contributed by atoms with Crippen molar-refractivity contribution in [2.24, 2.45) is 5.10 Å². The zero-order valence-electron chi connectivity index (χ0n) is 17.8. The summed E-state index contributed by atoms with van der Waals surface area (Å²) in [7, 11) is 1.64. The molecule has 0 aliphatic rings. The largest absolute Gasteiger partial charge is 0.496 e. The minimum atomic E-state index is -0.295. The lowest BCUT2D eigenvalue weighted by molar-refractivity contribution is 0.0956. The Morgan fingerprint density at radius 2 is 1.84 bits per heavy atom. The van der Waals surface area contributed by atoms with Crippen LogP contribution < -0.4 is 10.2 Å². The summed E-state index contributed by atoms with van der Waals surface area (Å²) in [5.74, 6) is 0.500. The fourth-order valence-corrected chi connectivity index (χ4v) is 3.54. The SMILES string of the molecule is C=CCc1cc(/C=N/NC(=O)c2cc(-c3ccccc3)nc3ccccc23)ccc1OC. The lowest BCUT2D eigenvalue weighted by Crippen LogP contribution is -2.18. The smallest absolute Gasteiger partial charge is 0.272 e. The predicted octanol–water partition coefficient (Wildman–Crippen LogP) is 5.40. The van der Waals surface area contributed by atoms with Crippen molar-refractivity contribution in [2.45, 2.75) is 6.42 Å². The third-order valence-electron chi connectivity index (χ3n) is 5.08. The molecule has 32 heavy (non-hydrogen) atoms. The second kappa shape index (κ2) is 9.71. The minimum Gasteiger partial charge on any atom is -0.496 e. The predicted molar refractivity (Wildman–Crippen MR) is 129 cm³/mol. The van der Waals surface area contributed by atoms with Gasteiger partial charge in [-0.2, -0.15) is 5.10 Å². The number of hydrogen-bond acceptors (Lipinski definition) is 4. The molecular weight excluding hydrogens is 398 g/mol. The normalized spacial score (nSPS) is 10.9. The van der Waals surface area contributed by atoms with Crippen LogP contribution in [0.1, 0.15) is 21.5 Å². The van der Waals surface area contributed by atoms with Gasteiger partial charge in [0.15, 0.2) is 0 Å². The first-order valence-corrected chi connectivity index (χ1v) is 10.3. The summed E-state index contributed by atoms with van der Waals surface area (Å²) < 4.78 is 5.37. The van der Waals surface area contributed by atoms with E-state index in [0.29, 0.717) is 12.0 Å². The number of amides is 1. The highest BCUT2D eigenvalue weighted by Crippen LogP contribution is 2.25. The van der Waals surface area contributed by atoms with Crippen LogP contribution in [0, 0.1) is 0 Å². The van der Waals surface area contributed by atoms with Gasteiger partial charge < -0.3 is 4.74 Å². The van der Waals surface area contributed by atoms with Crippen molar-refractivity contribution in [2.75, 3.05) is 7.11 Å². The van der Waals surface area contributed by atoms with Crippen LogP contribution in [0.3, 0.4) is 0 Å². The number of nitrogens with one attached hydrogen (secondary N) is 1. The average molecular weight is 422 g/mol. The van der Waals surface area contributed by atoms with Crippen molar-refractivity contribution >= 4 is 23.0 Å². The average Bonchev–Trinajstić information content (AvgIpc) is 2.84. The summed E-state index contributed by atoms with van der Waals surface area (Å²) in [4.78, 5) is 17.7. The molecule has 1 heterocycles. The fourth-order valence-electron chi connectivity index (χ4n) is 3.54. The van der Waals surface area contributed by atoms with Crippen molar-refractivity contribution in [1.82, 2.24) is 10.4 Å². The Balaban J connectivity index is 1.61. The monoisotopic (exact) mass is 421 g/mol. The van der Waals surface area contributed by atoms with Crippen molar-refractivity contribution in [3.63, 3.8) is 0 Å². The number of carbonyl (C=O) groups is 1. The molecule has 0 bridgehead atoms. The second-order valence-corrected chi connectivity index (χ2v) is 7.20. The van der Waals surface area contributed by atoms with Crippen LogP contribution in [0.5, 0.6) is 5.75 Å². The van der Waals surface area contributed by atoms with Crippen molar-refractivity contribution in [1.29, 1.82) is 0 Å². The number of ether oxygens (including phenoxy) is 1. The highest BCUT2D eigenvalue weighted by atomic mass is 16.5. The Labute approximate surface area is 187 Å². The Bertz CT molecular complexity index is 1300. The number of pyridine rings is 1. The van der Waals surface area contributed by atoms with E-state index >= 15 is 0 Å². The first kappa shape index (κ1) is 21.0. The van der Waals surface area contributed by atoms with Gasteiger partial charge in [-0.25, -0.2) is 10.4 Å². The van der Waals surface area contributed by atoms with Crippen LogP contribution in [0.4, 0.5) is 0 Å². The number of rotatable bonds is 7. The summed E-state index contributed by atoms with van der Waals surface area (Å²) >= 11 is 0. The molecule has 0 unspecified atom stereocenters. The van der Waals surface area contributed by atoms with Gasteiger partial charge in [0.2, 0.25) is 0 Å². The van der Waals surface area contributed by atoms with Crippen LogP contribution >= 0.6 is 0 Å². The molecule has 4 rings (SSSR count). The number of nitrogens with zero attached hydrogens (tertiary/aromatic N) is 2. The molecule has 0 aliphatic carbocycles. The van der Waals surface area contributed by atoms with Crippen LogP contribution in [0.2, 0.25) is 0 Å². The molecule has 0 fully saturated rings. The lowest BCUT2D eigenvalue weighted by Gasteiger charge is -2.09. The zero-order valence-corrected chi connectivity index (χ0v) is 17.8. The number of benzene rings is 3. The van der Waals surface area contributed by atoms with Crippen LogP contribution in [0.25, 0.3) is 22.2 Å². The minimum absolute atomic E-state index is 0.295. The Kier molecular flexibility index (Phi) is 6.37. The molecule has 0 spiro atoms. The third-order valence-corrected chi connectivity index (χ3v) is 5.08. The summed E-state index contributed by atoms with van der Waals surface area (Å²) in [6.07, 6.45) is 4.12. The molecule has 1 N–H and O–H groups in total. The quantitative estimate of drug-likeness (QED) is 0.247. The maximum Gasteiger partial charge on any atom is 0.272 e. The molecule has 5 heteroatoms. The Morgan fingerprint density at radius 1 is 1.06 bits per heavy atom. The van der Waals surface area contributed by atoms with E-state index in [0.717, 1.165) is 39.0 Å². The van der Waals surface area contributed by atoms with Gasteiger partial charge in [-0.1, -0.05) is 54.6 Å². The van der Waals surface area contributed by atoms with E-state index in [4.69, 9.17) is 9.72 Å². The van der Waals surface area contributed by atoms with E-state index in [1.54, 1.807) is 19.4 Å². The molecule has 0 saturated heterocycles. The molecule has 158 valence electrons. The highest BCUT2D eigenvalue weighted by Gasteiger charge is 2.13. The van der Waals surface area contributed by atoms with Crippen molar-refractivity contribution < 1.29 is 9.53 Å². The Hall–Kier alpha value is -4.25. The molecule has 0 saturated carbocycles. The second-order valence-electron chi connectivity index (χ2n) is 7.20. The Morgan fingerprint density at radius 3 is 2.62 bits per heavy atom. The number of allylic oxidation sites excluding steroid dienone is 1. The van der Waals surface area contributed by atoms with Crippen molar-refractivity contribution in [3.05, 3.63) is 108 Å². The van der Waals surface area contributed by atoms with E-state index in [1.807, 2.05) is 78.9 Å². The standard InChI is InChI=1S/C27H23N3O2/c1-3-9-21-16-19(14-15-26(21)32-2)18-28-30-27(31)23-17-25(20-10-5-4-6-11-20)29-24-13-8-7-12-22(23)24/h3-8,10-18H,1,9H2,2H3,(H,30,31)/b28-18+. The summed E-state index contributed by atoms with van der Waals surface area (Å²) in [5.41, 5.74) is 7.47. The molecule has 5 nitrogen and oxygen atoms in total. The molecule has 3 aromatic carbocycles. The molecule has 0 radical (unpaired) electrons. The van der Waals surface area contributed by atoms with Gasteiger partial charge in [0, 0.05) is 10.9 Å². The third kappa shape index (κ3) is 4.57. The number of methoxy groups -OCH3 is 1. The van der Waals surface area contributed by atoms with Crippen LogP contribution in [-0.4, -0.2) is 24.2 Å². The zero-order chi connectivity index (χ0) is 22.3. The van der Waals surface area contributed by atoms with Crippen LogP contribution in [-0.2, 0) is 6.42 Å². The van der Waals surface area contributed by atoms with Gasteiger partial charge in [-0.15, -0.1) is 6.58 Å². The van der Waals surface area contributed by atoms with Gasteiger partial charge in [-0.3, -0.25) is 4.79 Å². The fraction of sp³-hybridized carbons (Fsp3) is 0.0741. The van der Waals surface area contributed by atoms with Gasteiger partial charge in [0.05, 0.1) is 30.1 Å². The van der Waals surface area contributed by atoms with E-state index in [-0.39, 0.29) is 5.91 Å². The molecule has 1 aromatic heterocycles. The number of fused-ring (bicyclic) bond motifs is 1. The topological polar surface area (TPSA) is 63.6 Å². The first-order valence-electron chi connectivity index (χ1n) is 10.3. The summed E-state index contributed by atoms with van der Waals surface area (Å²) in [6.45, 7) is 3.78. The highest BCUT2D eigenvalue weighted by molar-refractivity contribution is 6.07. The molecular formula is C27H23N3O2. The van der Waals surface area contributed by atoms with Crippen molar-refractivity contribution in [3.8, 4) is 17.0 Å². The van der Waals surface area contributed by atoms with Gasteiger partial charge in [0.25, 0.3) is 5.91 Å². The molecule has 4 aromatic rings. The molecule has 0 aliphatic heterocycles. The van der Waals surface area contributed by atoms with Gasteiger partial charge in [-0.05, 0) is 47.9 Å². The number of carbonyl (C=O) groups excluding carboxylic acids is 1. The number of para-hydroxylation sites is 1.